The van der Waals surface area contributed by atoms with E-state index in [9.17, 15) is 0 Å². The second-order valence-corrected chi connectivity index (χ2v) is 14.8. The molecule has 0 fully saturated rings. The first-order chi connectivity index (χ1) is 28.8. The highest BCUT2D eigenvalue weighted by Gasteiger charge is 2.24. The third-order valence-electron chi connectivity index (χ3n) is 11.6. The molecule has 12 rings (SSSR count). The number of rotatable bonds is 6. The number of nitrogens with zero attached hydrogens (tertiary/aromatic N) is 2. The second-order valence-electron chi connectivity index (χ2n) is 14.8. The maximum Gasteiger partial charge on any atom is 0.213 e. The average molecular weight is 743 g/mol. The SMILES string of the molecule is c1ccc(-c2ccc(N(c3ccc(-c4cccc5c4c4c6ccccc6oc4n5-c4ccccc4)cc3)c3cccc4c3oc3ccccc34)c3ccccc23)cc1. The molecule has 0 N–H and O–H groups in total. The van der Waals surface area contributed by atoms with E-state index in [4.69, 9.17) is 8.83 Å². The van der Waals surface area contributed by atoms with Crippen LogP contribution < -0.4 is 4.90 Å². The fraction of sp³-hybridized carbons (Fsp3) is 0. The summed E-state index contributed by atoms with van der Waals surface area (Å²) in [6.45, 7) is 0. The normalized spacial score (nSPS) is 11.8. The average Bonchev–Trinajstić information content (AvgIpc) is 3.96. The lowest BCUT2D eigenvalue weighted by Gasteiger charge is -2.27. The van der Waals surface area contributed by atoms with Gasteiger partial charge in [-0.2, -0.15) is 0 Å². The van der Waals surface area contributed by atoms with Crippen molar-refractivity contribution in [3.05, 3.63) is 206 Å². The molecule has 9 aromatic carbocycles. The van der Waals surface area contributed by atoms with Crippen LogP contribution in [0.5, 0.6) is 0 Å². The third kappa shape index (κ3) is 4.88. The zero-order valence-corrected chi connectivity index (χ0v) is 31.3. The predicted octanol–water partition coefficient (Wildman–Crippen LogP) is 15.4. The number of furan rings is 2. The van der Waals surface area contributed by atoms with E-state index < -0.39 is 0 Å². The Kier molecular flexibility index (Phi) is 7.20. The number of benzene rings is 9. The molecule has 12 aromatic rings. The van der Waals surface area contributed by atoms with Gasteiger partial charge < -0.3 is 13.7 Å². The topological polar surface area (TPSA) is 34.5 Å². The molecule has 58 heavy (non-hydrogen) atoms. The summed E-state index contributed by atoms with van der Waals surface area (Å²) in [7, 11) is 0. The summed E-state index contributed by atoms with van der Waals surface area (Å²) in [5.74, 6) is 0. The van der Waals surface area contributed by atoms with E-state index in [-0.39, 0.29) is 0 Å². The van der Waals surface area contributed by atoms with Gasteiger partial charge in [-0.15, -0.1) is 0 Å². The van der Waals surface area contributed by atoms with E-state index in [0.29, 0.717) is 0 Å². The molecule has 0 radical (unpaired) electrons. The molecule has 0 saturated heterocycles. The largest absolute Gasteiger partial charge is 0.454 e. The maximum absolute atomic E-state index is 6.71. The molecule has 4 heteroatoms. The lowest BCUT2D eigenvalue weighted by Crippen LogP contribution is -2.11. The van der Waals surface area contributed by atoms with Gasteiger partial charge in [-0.25, -0.2) is 0 Å². The van der Waals surface area contributed by atoms with Crippen LogP contribution in [0.2, 0.25) is 0 Å². The van der Waals surface area contributed by atoms with Crippen LogP contribution >= 0.6 is 0 Å². The molecular formula is C54H34N2O2. The number of hydrogen-bond acceptors (Lipinski definition) is 3. The lowest BCUT2D eigenvalue weighted by atomic mass is 9.96. The van der Waals surface area contributed by atoms with Crippen molar-refractivity contribution in [1.29, 1.82) is 0 Å². The number of hydrogen-bond donors (Lipinski definition) is 0. The highest BCUT2D eigenvalue weighted by molar-refractivity contribution is 6.24. The first-order valence-electron chi connectivity index (χ1n) is 19.7. The summed E-state index contributed by atoms with van der Waals surface area (Å²) in [6, 6.07) is 73.1. The molecule has 0 aliphatic rings. The highest BCUT2D eigenvalue weighted by Crippen LogP contribution is 2.47. The van der Waals surface area contributed by atoms with Crippen molar-refractivity contribution < 1.29 is 8.83 Å². The van der Waals surface area contributed by atoms with Crippen LogP contribution in [-0.2, 0) is 0 Å². The number of aromatic nitrogens is 1. The van der Waals surface area contributed by atoms with Crippen LogP contribution in [0.25, 0.3) is 93.6 Å². The molecule has 0 saturated carbocycles. The summed E-state index contributed by atoms with van der Waals surface area (Å²) < 4.78 is 15.6. The van der Waals surface area contributed by atoms with Crippen LogP contribution in [0, 0.1) is 0 Å². The van der Waals surface area contributed by atoms with Gasteiger partial charge in [0.15, 0.2) is 5.58 Å². The van der Waals surface area contributed by atoms with Crippen molar-refractivity contribution in [3.8, 4) is 27.9 Å². The maximum atomic E-state index is 6.71. The number of anilines is 3. The van der Waals surface area contributed by atoms with Crippen LogP contribution in [0.4, 0.5) is 17.1 Å². The molecule has 0 aliphatic carbocycles. The lowest BCUT2D eigenvalue weighted by molar-refractivity contribution is 0.645. The quantitative estimate of drug-likeness (QED) is 0.170. The second kappa shape index (κ2) is 12.9. The summed E-state index contributed by atoms with van der Waals surface area (Å²) in [4.78, 5) is 2.36. The Hall–Kier alpha value is -7.82. The van der Waals surface area contributed by atoms with E-state index in [1.807, 2.05) is 18.2 Å². The van der Waals surface area contributed by atoms with Crippen molar-refractivity contribution in [3.63, 3.8) is 0 Å². The van der Waals surface area contributed by atoms with Gasteiger partial charge in [-0.05, 0) is 82.2 Å². The van der Waals surface area contributed by atoms with Gasteiger partial charge in [0.2, 0.25) is 5.71 Å². The van der Waals surface area contributed by atoms with E-state index in [2.05, 4.69) is 198 Å². The van der Waals surface area contributed by atoms with E-state index in [1.165, 1.54) is 21.9 Å². The Labute approximate surface area is 334 Å². The fourth-order valence-corrected chi connectivity index (χ4v) is 9.06. The van der Waals surface area contributed by atoms with Crippen LogP contribution in [-0.4, -0.2) is 4.57 Å². The van der Waals surface area contributed by atoms with Crippen LogP contribution in [0.3, 0.4) is 0 Å². The Balaban J connectivity index is 1.08. The Bertz CT molecular complexity index is 3500. The molecular weight excluding hydrogens is 709 g/mol. The Morgan fingerprint density at radius 1 is 0.362 bits per heavy atom. The first-order valence-corrected chi connectivity index (χ1v) is 19.7. The Morgan fingerprint density at radius 3 is 1.78 bits per heavy atom. The van der Waals surface area contributed by atoms with Crippen molar-refractivity contribution in [1.82, 2.24) is 4.57 Å². The zero-order chi connectivity index (χ0) is 38.2. The predicted molar refractivity (Wildman–Crippen MR) is 241 cm³/mol. The molecule has 3 aromatic heterocycles. The van der Waals surface area contributed by atoms with Crippen LogP contribution in [0.1, 0.15) is 0 Å². The zero-order valence-electron chi connectivity index (χ0n) is 31.3. The first kappa shape index (κ1) is 32.4. The smallest absolute Gasteiger partial charge is 0.213 e. The molecule has 0 amide bonds. The number of para-hydroxylation sites is 4. The van der Waals surface area contributed by atoms with Gasteiger partial charge in [0, 0.05) is 38.3 Å². The fourth-order valence-electron chi connectivity index (χ4n) is 9.06. The molecule has 0 aliphatic heterocycles. The highest BCUT2D eigenvalue weighted by atomic mass is 16.3. The standard InChI is InChI=1S/C54H34N2O2/c1-3-15-35(16-4-1)39-33-34-46(42-20-8-7-19-41(39)42)55(48-26-14-24-44-43-21-9-11-27-49(43)57-53(44)48)38-31-29-36(30-32-38)40-23-13-25-47-51(40)52-45-22-10-12-28-50(45)58-54(52)56(47)37-17-5-2-6-18-37/h1-34H. The summed E-state index contributed by atoms with van der Waals surface area (Å²) in [6.07, 6.45) is 0. The minimum absolute atomic E-state index is 0.849. The van der Waals surface area contributed by atoms with Crippen molar-refractivity contribution in [2.45, 2.75) is 0 Å². The van der Waals surface area contributed by atoms with Gasteiger partial charge in [0.05, 0.1) is 22.3 Å². The van der Waals surface area contributed by atoms with Crippen molar-refractivity contribution in [2.24, 2.45) is 0 Å². The van der Waals surface area contributed by atoms with Crippen molar-refractivity contribution in [2.75, 3.05) is 4.90 Å². The van der Waals surface area contributed by atoms with Gasteiger partial charge in [-0.3, -0.25) is 4.57 Å². The molecule has 0 spiro atoms. The van der Waals surface area contributed by atoms with E-state index in [1.54, 1.807) is 0 Å². The van der Waals surface area contributed by atoms with E-state index >= 15 is 0 Å². The van der Waals surface area contributed by atoms with Gasteiger partial charge in [0.1, 0.15) is 11.2 Å². The van der Waals surface area contributed by atoms with E-state index in [0.717, 1.165) is 88.8 Å². The summed E-state index contributed by atoms with van der Waals surface area (Å²) >= 11 is 0. The molecule has 0 bridgehead atoms. The number of fused-ring (bicyclic) bond motifs is 9. The molecule has 0 atom stereocenters. The summed E-state index contributed by atoms with van der Waals surface area (Å²) in [5, 5.41) is 7.94. The van der Waals surface area contributed by atoms with Gasteiger partial charge in [-0.1, -0.05) is 152 Å². The molecule has 3 heterocycles. The Morgan fingerprint density at radius 2 is 0.983 bits per heavy atom. The van der Waals surface area contributed by atoms with Crippen LogP contribution in [0.15, 0.2) is 215 Å². The molecule has 272 valence electrons. The molecule has 4 nitrogen and oxygen atoms in total. The third-order valence-corrected chi connectivity index (χ3v) is 11.6. The van der Waals surface area contributed by atoms with Gasteiger partial charge in [0.25, 0.3) is 0 Å². The monoisotopic (exact) mass is 742 g/mol. The van der Waals surface area contributed by atoms with Gasteiger partial charge >= 0.3 is 0 Å². The summed E-state index contributed by atoms with van der Waals surface area (Å²) in [5.41, 5.74) is 13.4. The van der Waals surface area contributed by atoms with Crippen molar-refractivity contribution >= 4 is 82.7 Å². The molecule has 0 unspecified atom stereocenters. The minimum Gasteiger partial charge on any atom is -0.454 e. The minimum atomic E-state index is 0.849.